The van der Waals surface area contributed by atoms with Crippen LogP contribution in [0.4, 0.5) is 10.1 Å². The van der Waals surface area contributed by atoms with Gasteiger partial charge in [-0.1, -0.05) is 12.1 Å². The van der Waals surface area contributed by atoms with E-state index < -0.39 is 15.8 Å². The van der Waals surface area contributed by atoms with Gasteiger partial charge in [0.15, 0.2) is 0 Å². The van der Waals surface area contributed by atoms with Gasteiger partial charge in [0.2, 0.25) is 0 Å². The molecule has 0 aliphatic heterocycles. The van der Waals surface area contributed by atoms with Crippen LogP contribution in [0, 0.1) is 16.3 Å². The number of hydrogen-bond donors (Lipinski definition) is 1. The number of hydrogen-bond acceptors (Lipinski definition) is 2. The van der Waals surface area contributed by atoms with Gasteiger partial charge in [-0.05, 0) is 65.4 Å². The van der Waals surface area contributed by atoms with Gasteiger partial charge in [0.25, 0.3) is 10.0 Å². The van der Waals surface area contributed by atoms with Crippen LogP contribution in [-0.4, -0.2) is 8.42 Å². The first-order valence-corrected chi connectivity index (χ1v) is 8.00. The highest BCUT2D eigenvalue weighted by Gasteiger charge is 2.19. The molecule has 19 heavy (non-hydrogen) atoms. The number of anilines is 1. The lowest BCUT2D eigenvalue weighted by molar-refractivity contribution is 0.570. The minimum absolute atomic E-state index is 0.354. The molecule has 2 rings (SSSR count). The maximum Gasteiger partial charge on any atom is 0.264 e. The molecule has 0 saturated heterocycles. The molecule has 0 spiro atoms. The van der Waals surface area contributed by atoms with Gasteiger partial charge in [0.1, 0.15) is 10.7 Å². The molecular weight excluding hydrogens is 380 g/mol. The summed E-state index contributed by atoms with van der Waals surface area (Å²) >= 11 is 2.14. The predicted octanol–water partition coefficient (Wildman–Crippen LogP) is 3.54. The molecule has 0 heterocycles. The first kappa shape index (κ1) is 14.3. The average Bonchev–Trinajstić information content (AvgIpc) is 2.33. The Morgan fingerprint density at radius 1 is 1.16 bits per heavy atom. The molecule has 0 unspecified atom stereocenters. The van der Waals surface area contributed by atoms with Crippen molar-refractivity contribution in [3.8, 4) is 0 Å². The van der Waals surface area contributed by atoms with Crippen molar-refractivity contribution in [3.05, 3.63) is 57.4 Å². The molecule has 0 aromatic heterocycles. The Kier molecular flexibility index (Phi) is 4.10. The van der Waals surface area contributed by atoms with E-state index in [2.05, 4.69) is 27.3 Å². The van der Waals surface area contributed by atoms with Crippen LogP contribution in [0.25, 0.3) is 0 Å². The molecule has 3 nitrogen and oxygen atoms in total. The molecule has 0 atom stereocenters. The van der Waals surface area contributed by atoms with Crippen molar-refractivity contribution in [3.63, 3.8) is 0 Å². The summed E-state index contributed by atoms with van der Waals surface area (Å²) in [5.41, 5.74) is 1.23. The molecule has 100 valence electrons. The Labute approximate surface area is 125 Å². The van der Waals surface area contributed by atoms with E-state index in [4.69, 9.17) is 0 Å². The molecule has 1 N–H and O–H groups in total. The van der Waals surface area contributed by atoms with Crippen molar-refractivity contribution < 1.29 is 12.8 Å². The average molecular weight is 391 g/mol. The third-order valence-electron chi connectivity index (χ3n) is 2.56. The van der Waals surface area contributed by atoms with Gasteiger partial charge in [-0.25, -0.2) is 12.8 Å². The molecule has 0 bridgehead atoms. The molecule has 0 radical (unpaired) electrons. The maximum absolute atomic E-state index is 13.5. The van der Waals surface area contributed by atoms with Gasteiger partial charge in [0, 0.05) is 3.57 Å². The van der Waals surface area contributed by atoms with Crippen molar-refractivity contribution in [2.75, 3.05) is 4.72 Å². The molecule has 0 aliphatic carbocycles. The second kappa shape index (κ2) is 5.46. The molecule has 2 aromatic rings. The standard InChI is InChI=1S/C13H11FINO2S/c1-9-8-10(15)6-7-12(9)16-19(17,18)13-5-3-2-4-11(13)14/h2-8,16H,1H3. The van der Waals surface area contributed by atoms with Gasteiger partial charge >= 0.3 is 0 Å². The van der Waals surface area contributed by atoms with E-state index in [1.807, 2.05) is 6.07 Å². The fourth-order valence-corrected chi connectivity index (χ4v) is 3.46. The number of nitrogens with one attached hydrogen (secondary N) is 1. The van der Waals surface area contributed by atoms with E-state index in [0.29, 0.717) is 5.69 Å². The second-order valence-corrected chi connectivity index (χ2v) is 6.89. The first-order chi connectivity index (χ1) is 8.90. The maximum atomic E-state index is 13.5. The summed E-state index contributed by atoms with van der Waals surface area (Å²) in [5.74, 6) is -0.766. The molecule has 0 fully saturated rings. The van der Waals surface area contributed by atoms with Crippen LogP contribution in [0.5, 0.6) is 0 Å². The number of rotatable bonds is 3. The summed E-state index contributed by atoms with van der Waals surface area (Å²) in [5, 5.41) is 0. The topological polar surface area (TPSA) is 46.2 Å². The third kappa shape index (κ3) is 3.24. The molecule has 6 heteroatoms. The zero-order valence-electron chi connectivity index (χ0n) is 10.0. The van der Waals surface area contributed by atoms with Gasteiger partial charge in [0.05, 0.1) is 5.69 Å². The number of benzene rings is 2. The van der Waals surface area contributed by atoms with E-state index in [1.54, 1.807) is 19.1 Å². The molecule has 0 amide bonds. The Balaban J connectivity index is 2.40. The summed E-state index contributed by atoms with van der Waals surface area (Å²) in [7, 11) is -3.91. The Morgan fingerprint density at radius 2 is 1.84 bits per heavy atom. The van der Waals surface area contributed by atoms with Crippen molar-refractivity contribution in [2.45, 2.75) is 11.8 Å². The van der Waals surface area contributed by atoms with Crippen molar-refractivity contribution in [1.82, 2.24) is 0 Å². The van der Waals surface area contributed by atoms with Crippen LogP contribution in [0.1, 0.15) is 5.56 Å². The summed E-state index contributed by atoms with van der Waals surface area (Å²) < 4.78 is 41.1. The lowest BCUT2D eigenvalue weighted by Gasteiger charge is -2.11. The van der Waals surface area contributed by atoms with Crippen LogP contribution in [0.3, 0.4) is 0 Å². The van der Waals surface area contributed by atoms with Crippen LogP contribution in [0.15, 0.2) is 47.4 Å². The van der Waals surface area contributed by atoms with Crippen LogP contribution in [-0.2, 0) is 10.0 Å². The molecule has 2 aromatic carbocycles. The van der Waals surface area contributed by atoms with E-state index in [9.17, 15) is 12.8 Å². The number of sulfonamides is 1. The quantitative estimate of drug-likeness (QED) is 0.814. The number of aryl methyl sites for hydroxylation is 1. The van der Waals surface area contributed by atoms with Crippen molar-refractivity contribution in [2.24, 2.45) is 0 Å². The summed E-state index contributed by atoms with van der Waals surface area (Å²) in [6.07, 6.45) is 0. The highest BCUT2D eigenvalue weighted by Crippen LogP contribution is 2.22. The number of halogens is 2. The van der Waals surface area contributed by atoms with E-state index in [-0.39, 0.29) is 4.90 Å². The van der Waals surface area contributed by atoms with Gasteiger partial charge in [-0.2, -0.15) is 0 Å². The summed E-state index contributed by atoms with van der Waals surface area (Å²) in [6.45, 7) is 1.79. The van der Waals surface area contributed by atoms with Gasteiger partial charge in [-0.15, -0.1) is 0 Å². The third-order valence-corrected chi connectivity index (χ3v) is 4.63. The van der Waals surface area contributed by atoms with Crippen LogP contribution >= 0.6 is 22.6 Å². The van der Waals surface area contributed by atoms with E-state index >= 15 is 0 Å². The minimum Gasteiger partial charge on any atom is -0.279 e. The molecule has 0 aliphatic rings. The van der Waals surface area contributed by atoms with E-state index in [0.717, 1.165) is 15.2 Å². The Morgan fingerprint density at radius 3 is 2.47 bits per heavy atom. The van der Waals surface area contributed by atoms with Crippen molar-refractivity contribution >= 4 is 38.3 Å². The second-order valence-electron chi connectivity index (χ2n) is 4.00. The normalized spacial score (nSPS) is 11.3. The zero-order chi connectivity index (χ0) is 14.0. The Bertz CT molecular complexity index is 716. The predicted molar refractivity (Wildman–Crippen MR) is 81.1 cm³/mol. The molecule has 0 saturated carbocycles. The van der Waals surface area contributed by atoms with Crippen LogP contribution in [0.2, 0.25) is 0 Å². The highest BCUT2D eigenvalue weighted by atomic mass is 127. The lowest BCUT2D eigenvalue weighted by Crippen LogP contribution is -2.15. The van der Waals surface area contributed by atoms with Crippen molar-refractivity contribution in [1.29, 1.82) is 0 Å². The smallest absolute Gasteiger partial charge is 0.264 e. The Hall–Kier alpha value is -1.15. The van der Waals surface area contributed by atoms with E-state index in [1.165, 1.54) is 18.2 Å². The monoisotopic (exact) mass is 391 g/mol. The van der Waals surface area contributed by atoms with Gasteiger partial charge in [-0.3, -0.25) is 4.72 Å². The van der Waals surface area contributed by atoms with Crippen LogP contribution < -0.4 is 4.72 Å². The lowest BCUT2D eigenvalue weighted by atomic mass is 10.2. The zero-order valence-corrected chi connectivity index (χ0v) is 13.0. The summed E-state index contributed by atoms with van der Waals surface area (Å²) in [6, 6.07) is 10.6. The SMILES string of the molecule is Cc1cc(I)ccc1NS(=O)(=O)c1ccccc1F. The molecular formula is C13H11FINO2S. The fourth-order valence-electron chi connectivity index (χ4n) is 1.60. The fraction of sp³-hybridized carbons (Fsp3) is 0.0769. The largest absolute Gasteiger partial charge is 0.279 e. The van der Waals surface area contributed by atoms with Gasteiger partial charge < -0.3 is 0 Å². The minimum atomic E-state index is -3.91. The highest BCUT2D eigenvalue weighted by molar-refractivity contribution is 14.1. The first-order valence-electron chi connectivity index (χ1n) is 5.43. The summed E-state index contributed by atoms with van der Waals surface area (Å²) in [4.78, 5) is -0.354.